The molecule has 0 aliphatic carbocycles. The molecular formula is C14H32N2. The zero-order valence-electron chi connectivity index (χ0n) is 12.6. The van der Waals surface area contributed by atoms with E-state index in [0.717, 1.165) is 24.9 Å². The predicted octanol–water partition coefficient (Wildman–Crippen LogP) is 3.63. The molecule has 0 aromatic heterocycles. The minimum Gasteiger partial charge on any atom is -0.241 e. The van der Waals surface area contributed by atoms with E-state index in [1.165, 1.54) is 0 Å². The van der Waals surface area contributed by atoms with E-state index in [0.29, 0.717) is 12.1 Å². The second-order valence-electron chi connectivity index (χ2n) is 6.23. The van der Waals surface area contributed by atoms with E-state index in [9.17, 15) is 0 Å². The molecule has 0 radical (unpaired) electrons. The first kappa shape index (κ1) is 15.9. The summed E-state index contributed by atoms with van der Waals surface area (Å²) in [4.78, 5) is 0. The zero-order valence-corrected chi connectivity index (χ0v) is 12.6. The van der Waals surface area contributed by atoms with Crippen LogP contribution in [0, 0.1) is 11.8 Å². The van der Waals surface area contributed by atoms with Crippen LogP contribution >= 0.6 is 0 Å². The molecule has 0 saturated heterocycles. The molecule has 0 aliphatic rings. The maximum Gasteiger partial charge on any atom is 0.0192 e. The largest absolute Gasteiger partial charge is 0.241 e. The molecule has 0 rings (SSSR count). The molecule has 0 heterocycles. The molecule has 2 nitrogen and oxygen atoms in total. The summed E-state index contributed by atoms with van der Waals surface area (Å²) < 4.78 is 0. The Bertz CT molecular complexity index is 156. The minimum atomic E-state index is 0.581. The Morgan fingerprint density at radius 1 is 0.625 bits per heavy atom. The van der Waals surface area contributed by atoms with E-state index in [-0.39, 0.29) is 0 Å². The molecule has 16 heavy (non-hydrogen) atoms. The lowest BCUT2D eigenvalue weighted by Gasteiger charge is -2.42. The zero-order chi connectivity index (χ0) is 12.9. The lowest BCUT2D eigenvalue weighted by Crippen LogP contribution is -2.52. The van der Waals surface area contributed by atoms with Gasteiger partial charge >= 0.3 is 0 Å². The summed E-state index contributed by atoms with van der Waals surface area (Å²) in [5, 5.41) is 5.07. The van der Waals surface area contributed by atoms with Crippen LogP contribution < -0.4 is 0 Å². The van der Waals surface area contributed by atoms with E-state index in [4.69, 9.17) is 0 Å². The minimum absolute atomic E-state index is 0.581. The third kappa shape index (κ3) is 5.86. The number of hydrogen-bond donors (Lipinski definition) is 0. The molecule has 0 amide bonds. The molecule has 0 N–H and O–H groups in total. The molecule has 0 aromatic carbocycles. The highest BCUT2D eigenvalue weighted by molar-refractivity contribution is 4.69. The van der Waals surface area contributed by atoms with Gasteiger partial charge in [-0.1, -0.05) is 27.7 Å². The van der Waals surface area contributed by atoms with Crippen LogP contribution in [0.2, 0.25) is 0 Å². The van der Waals surface area contributed by atoms with Gasteiger partial charge in [-0.3, -0.25) is 0 Å². The maximum absolute atomic E-state index is 2.55. The maximum atomic E-state index is 2.55. The Morgan fingerprint density at radius 2 is 0.938 bits per heavy atom. The average Bonchev–Trinajstić information content (AvgIpc) is 1.98. The van der Waals surface area contributed by atoms with Crippen LogP contribution in [0.5, 0.6) is 0 Å². The van der Waals surface area contributed by atoms with Crippen molar-refractivity contribution in [3.05, 3.63) is 0 Å². The Labute approximate surface area is 103 Å². The molecule has 98 valence electrons. The van der Waals surface area contributed by atoms with Crippen LogP contribution in [-0.2, 0) is 0 Å². The molecular weight excluding hydrogens is 196 g/mol. The van der Waals surface area contributed by atoms with Gasteiger partial charge in [-0.25, -0.2) is 10.0 Å². The van der Waals surface area contributed by atoms with E-state index >= 15 is 0 Å². The first-order valence-corrected chi connectivity index (χ1v) is 6.78. The van der Waals surface area contributed by atoms with Gasteiger partial charge in [-0.2, -0.15) is 0 Å². The summed E-state index contributed by atoms with van der Waals surface area (Å²) >= 11 is 0. The number of hydrazine groups is 1. The summed E-state index contributed by atoms with van der Waals surface area (Å²) in [7, 11) is 0. The van der Waals surface area contributed by atoms with Crippen LogP contribution in [-0.4, -0.2) is 35.2 Å². The van der Waals surface area contributed by atoms with Gasteiger partial charge in [0.25, 0.3) is 0 Å². The molecule has 0 saturated carbocycles. The van der Waals surface area contributed by atoms with Gasteiger partial charge in [-0.05, 0) is 39.5 Å². The fraction of sp³-hybridized carbons (Fsp3) is 1.00. The van der Waals surface area contributed by atoms with Gasteiger partial charge in [0.05, 0.1) is 0 Å². The lowest BCUT2D eigenvalue weighted by molar-refractivity contribution is -0.0887. The van der Waals surface area contributed by atoms with Crippen LogP contribution in [0.1, 0.15) is 55.4 Å². The van der Waals surface area contributed by atoms with Crippen molar-refractivity contribution in [2.24, 2.45) is 11.8 Å². The highest BCUT2D eigenvalue weighted by Crippen LogP contribution is 2.14. The summed E-state index contributed by atoms with van der Waals surface area (Å²) in [5.41, 5.74) is 0. The lowest BCUT2D eigenvalue weighted by atomic mass is 10.1. The SMILES string of the molecule is CC(C)CN(CC(C)C)N(C(C)C)C(C)C. The topological polar surface area (TPSA) is 6.48 Å². The van der Waals surface area contributed by atoms with Crippen molar-refractivity contribution in [2.75, 3.05) is 13.1 Å². The van der Waals surface area contributed by atoms with Crippen LogP contribution in [0.4, 0.5) is 0 Å². The second kappa shape index (κ2) is 7.29. The third-order valence-electron chi connectivity index (χ3n) is 2.54. The van der Waals surface area contributed by atoms with E-state index in [2.05, 4.69) is 65.4 Å². The Balaban J connectivity index is 4.67. The Morgan fingerprint density at radius 3 is 1.12 bits per heavy atom. The van der Waals surface area contributed by atoms with Crippen molar-refractivity contribution < 1.29 is 0 Å². The molecule has 0 fully saturated rings. The predicted molar refractivity (Wildman–Crippen MR) is 73.4 cm³/mol. The van der Waals surface area contributed by atoms with Crippen LogP contribution in [0.3, 0.4) is 0 Å². The Kier molecular flexibility index (Phi) is 7.25. The van der Waals surface area contributed by atoms with Crippen LogP contribution in [0.15, 0.2) is 0 Å². The highest BCUT2D eigenvalue weighted by atomic mass is 15.6. The monoisotopic (exact) mass is 228 g/mol. The van der Waals surface area contributed by atoms with Crippen molar-refractivity contribution in [3.8, 4) is 0 Å². The first-order valence-electron chi connectivity index (χ1n) is 6.78. The fourth-order valence-electron chi connectivity index (χ4n) is 2.36. The van der Waals surface area contributed by atoms with Gasteiger partial charge < -0.3 is 0 Å². The van der Waals surface area contributed by atoms with Gasteiger partial charge in [0.1, 0.15) is 0 Å². The molecule has 0 aliphatic heterocycles. The van der Waals surface area contributed by atoms with Gasteiger partial charge in [-0.15, -0.1) is 0 Å². The van der Waals surface area contributed by atoms with E-state index in [1.807, 2.05) is 0 Å². The standard InChI is InChI=1S/C14H32N2/c1-11(2)9-15(10-12(3)4)16(13(5)6)14(7)8/h11-14H,9-10H2,1-8H3. The molecule has 0 bridgehead atoms. The smallest absolute Gasteiger partial charge is 0.0192 e. The molecule has 2 heteroatoms. The van der Waals surface area contributed by atoms with Gasteiger partial charge in [0.15, 0.2) is 0 Å². The quantitative estimate of drug-likeness (QED) is 0.614. The molecule has 0 aromatic rings. The first-order chi connectivity index (χ1) is 7.25. The molecule has 0 atom stereocenters. The normalized spacial score (nSPS) is 13.1. The Hall–Kier alpha value is -0.0800. The summed E-state index contributed by atoms with van der Waals surface area (Å²) in [6, 6.07) is 1.16. The van der Waals surface area contributed by atoms with Crippen LogP contribution in [0.25, 0.3) is 0 Å². The van der Waals surface area contributed by atoms with Gasteiger partial charge in [0.2, 0.25) is 0 Å². The average molecular weight is 228 g/mol. The molecule has 0 spiro atoms. The summed E-state index contributed by atoms with van der Waals surface area (Å²) in [5.74, 6) is 1.44. The second-order valence-corrected chi connectivity index (χ2v) is 6.23. The van der Waals surface area contributed by atoms with Crippen molar-refractivity contribution in [3.63, 3.8) is 0 Å². The summed E-state index contributed by atoms with van der Waals surface area (Å²) in [6.07, 6.45) is 0. The highest BCUT2D eigenvalue weighted by Gasteiger charge is 2.22. The van der Waals surface area contributed by atoms with E-state index in [1.54, 1.807) is 0 Å². The third-order valence-corrected chi connectivity index (χ3v) is 2.54. The van der Waals surface area contributed by atoms with Crippen molar-refractivity contribution in [1.29, 1.82) is 0 Å². The number of nitrogens with zero attached hydrogens (tertiary/aromatic N) is 2. The molecule has 0 unspecified atom stereocenters. The van der Waals surface area contributed by atoms with E-state index < -0.39 is 0 Å². The summed E-state index contributed by atoms with van der Waals surface area (Å²) in [6.45, 7) is 20.7. The fourth-order valence-corrected chi connectivity index (χ4v) is 2.36. The van der Waals surface area contributed by atoms with Crippen molar-refractivity contribution in [1.82, 2.24) is 10.0 Å². The van der Waals surface area contributed by atoms with Gasteiger partial charge in [0, 0.05) is 25.2 Å². The number of rotatable bonds is 7. The van der Waals surface area contributed by atoms with Crippen molar-refractivity contribution >= 4 is 0 Å². The van der Waals surface area contributed by atoms with Crippen molar-refractivity contribution in [2.45, 2.75) is 67.5 Å². The number of hydrogen-bond acceptors (Lipinski definition) is 2.